The first-order chi connectivity index (χ1) is 7.13. The molecular weight excluding hydrogens is 212 g/mol. The van der Waals surface area contributed by atoms with Gasteiger partial charge in [-0.15, -0.1) is 11.6 Å². The molecule has 1 aromatic rings. The van der Waals surface area contributed by atoms with Crippen molar-refractivity contribution in [3.8, 4) is 0 Å². The van der Waals surface area contributed by atoms with Crippen LogP contribution < -0.4 is 4.90 Å². The Hall–Kier alpha value is -0.800. The third-order valence-corrected chi connectivity index (χ3v) is 2.35. The first kappa shape index (κ1) is 12.3. The van der Waals surface area contributed by atoms with Crippen LogP contribution in [-0.2, 0) is 4.74 Å². The molecule has 1 atom stereocenters. The smallest absolute Gasteiger partial charge is 0.128 e. The summed E-state index contributed by atoms with van der Waals surface area (Å²) in [5.41, 5.74) is 1.01. The van der Waals surface area contributed by atoms with Crippen LogP contribution in [0, 0.1) is 6.92 Å². The zero-order chi connectivity index (χ0) is 11.3. The summed E-state index contributed by atoms with van der Waals surface area (Å²) in [4.78, 5) is 6.44. The van der Waals surface area contributed by atoms with Gasteiger partial charge in [0.25, 0.3) is 0 Å². The van der Waals surface area contributed by atoms with E-state index in [1.807, 2.05) is 37.1 Å². The fourth-order valence-electron chi connectivity index (χ4n) is 1.37. The van der Waals surface area contributed by atoms with E-state index >= 15 is 0 Å². The molecule has 15 heavy (non-hydrogen) atoms. The Bertz CT molecular complexity index is 306. The number of alkyl halides is 1. The Balaban J connectivity index is 2.56. The van der Waals surface area contributed by atoms with E-state index in [4.69, 9.17) is 16.3 Å². The lowest BCUT2D eigenvalue weighted by Crippen LogP contribution is -2.29. The van der Waals surface area contributed by atoms with Crippen LogP contribution in [0.2, 0.25) is 0 Å². The average Bonchev–Trinajstić information content (AvgIpc) is 2.18. The fourth-order valence-corrected chi connectivity index (χ4v) is 1.70. The van der Waals surface area contributed by atoms with Gasteiger partial charge in [0.1, 0.15) is 5.82 Å². The van der Waals surface area contributed by atoms with E-state index in [1.165, 1.54) is 0 Å². The lowest BCUT2D eigenvalue weighted by atomic mass is 10.3. The van der Waals surface area contributed by atoms with Crippen LogP contribution in [0.3, 0.4) is 0 Å². The van der Waals surface area contributed by atoms with E-state index in [0.717, 1.165) is 18.1 Å². The summed E-state index contributed by atoms with van der Waals surface area (Å²) in [7, 11) is 3.63. The number of nitrogens with zero attached hydrogens (tertiary/aromatic N) is 2. The highest BCUT2D eigenvalue weighted by molar-refractivity contribution is 6.21. The standard InChI is InChI=1S/C11H17ClN2O/c1-9-5-4-6-11(13-9)14(2)7-10(12)8-15-3/h4-6,10H,7-8H2,1-3H3. The molecule has 4 heteroatoms. The van der Waals surface area contributed by atoms with Gasteiger partial charge in [-0.2, -0.15) is 0 Å². The second-order valence-electron chi connectivity index (χ2n) is 3.57. The summed E-state index contributed by atoms with van der Waals surface area (Å²) in [6, 6.07) is 5.95. The molecular formula is C11H17ClN2O. The van der Waals surface area contributed by atoms with Crippen LogP contribution in [0.25, 0.3) is 0 Å². The maximum absolute atomic E-state index is 6.07. The average molecular weight is 229 g/mol. The molecule has 3 nitrogen and oxygen atoms in total. The molecule has 0 aromatic carbocycles. The van der Waals surface area contributed by atoms with Gasteiger partial charge < -0.3 is 9.64 Å². The minimum absolute atomic E-state index is 0.0117. The number of pyridine rings is 1. The molecule has 0 amide bonds. The normalized spacial score (nSPS) is 12.5. The molecule has 84 valence electrons. The quantitative estimate of drug-likeness (QED) is 0.722. The monoisotopic (exact) mass is 228 g/mol. The highest BCUT2D eigenvalue weighted by Gasteiger charge is 2.09. The maximum Gasteiger partial charge on any atom is 0.128 e. The van der Waals surface area contributed by atoms with Crippen LogP contribution in [0.15, 0.2) is 18.2 Å². The number of methoxy groups -OCH3 is 1. The summed E-state index contributed by atoms with van der Waals surface area (Å²) >= 11 is 6.07. The third-order valence-electron chi connectivity index (χ3n) is 2.08. The molecule has 0 saturated heterocycles. The van der Waals surface area contributed by atoms with Crippen molar-refractivity contribution in [2.24, 2.45) is 0 Å². The Morgan fingerprint density at radius 3 is 2.87 bits per heavy atom. The number of hydrogen-bond donors (Lipinski definition) is 0. The number of anilines is 1. The van der Waals surface area contributed by atoms with Gasteiger partial charge in [-0.25, -0.2) is 4.98 Å². The first-order valence-corrected chi connectivity index (χ1v) is 5.35. The molecule has 0 spiro atoms. The number of aryl methyl sites for hydroxylation is 1. The van der Waals surface area contributed by atoms with Crippen molar-refractivity contribution in [2.75, 3.05) is 32.2 Å². The van der Waals surface area contributed by atoms with Crippen LogP contribution in [0.1, 0.15) is 5.69 Å². The summed E-state index contributed by atoms with van der Waals surface area (Å²) in [5, 5.41) is -0.0117. The number of halogens is 1. The van der Waals surface area contributed by atoms with Crippen LogP contribution >= 0.6 is 11.6 Å². The second kappa shape index (κ2) is 5.93. The highest BCUT2D eigenvalue weighted by Crippen LogP contribution is 2.11. The topological polar surface area (TPSA) is 25.4 Å². The Morgan fingerprint density at radius 2 is 2.27 bits per heavy atom. The van der Waals surface area contributed by atoms with Crippen molar-refractivity contribution >= 4 is 17.4 Å². The molecule has 1 unspecified atom stereocenters. The molecule has 0 saturated carbocycles. The molecule has 1 rings (SSSR count). The maximum atomic E-state index is 6.07. The van der Waals surface area contributed by atoms with E-state index in [2.05, 4.69) is 4.98 Å². The van der Waals surface area contributed by atoms with Crippen molar-refractivity contribution in [1.82, 2.24) is 4.98 Å². The zero-order valence-corrected chi connectivity index (χ0v) is 10.2. The molecule has 0 aliphatic carbocycles. The number of hydrogen-bond acceptors (Lipinski definition) is 3. The lowest BCUT2D eigenvalue weighted by molar-refractivity contribution is 0.199. The molecule has 0 bridgehead atoms. The van der Waals surface area contributed by atoms with Gasteiger partial charge >= 0.3 is 0 Å². The number of ether oxygens (including phenoxy) is 1. The van der Waals surface area contributed by atoms with Crippen LogP contribution in [0.5, 0.6) is 0 Å². The molecule has 0 radical (unpaired) electrons. The van der Waals surface area contributed by atoms with Crippen molar-refractivity contribution < 1.29 is 4.74 Å². The number of aromatic nitrogens is 1. The van der Waals surface area contributed by atoms with Gasteiger partial charge in [0.05, 0.1) is 12.0 Å². The van der Waals surface area contributed by atoms with Gasteiger partial charge in [-0.05, 0) is 19.1 Å². The molecule has 0 N–H and O–H groups in total. The summed E-state index contributed by atoms with van der Waals surface area (Å²) in [6.45, 7) is 3.26. The Labute approximate surface area is 96.0 Å². The summed E-state index contributed by atoms with van der Waals surface area (Å²) < 4.78 is 4.99. The predicted molar refractivity (Wildman–Crippen MR) is 63.8 cm³/mol. The van der Waals surface area contributed by atoms with Gasteiger partial charge in [0.2, 0.25) is 0 Å². The Kier molecular flexibility index (Phi) is 4.85. The minimum atomic E-state index is -0.0117. The van der Waals surface area contributed by atoms with Gasteiger partial charge in [-0.1, -0.05) is 6.07 Å². The van der Waals surface area contributed by atoms with E-state index in [9.17, 15) is 0 Å². The van der Waals surface area contributed by atoms with Gasteiger partial charge in [0.15, 0.2) is 0 Å². The third kappa shape index (κ3) is 4.06. The number of rotatable bonds is 5. The van der Waals surface area contributed by atoms with Crippen LogP contribution in [0.4, 0.5) is 5.82 Å². The first-order valence-electron chi connectivity index (χ1n) is 4.91. The molecule has 0 aliphatic heterocycles. The van der Waals surface area contributed by atoms with Crippen molar-refractivity contribution in [1.29, 1.82) is 0 Å². The highest BCUT2D eigenvalue weighted by atomic mass is 35.5. The Morgan fingerprint density at radius 1 is 1.53 bits per heavy atom. The predicted octanol–water partition coefficient (Wildman–Crippen LogP) is 2.08. The molecule has 0 aliphatic rings. The van der Waals surface area contributed by atoms with E-state index in [1.54, 1.807) is 7.11 Å². The largest absolute Gasteiger partial charge is 0.383 e. The van der Waals surface area contributed by atoms with E-state index < -0.39 is 0 Å². The second-order valence-corrected chi connectivity index (χ2v) is 4.19. The van der Waals surface area contributed by atoms with Crippen molar-refractivity contribution in [3.05, 3.63) is 23.9 Å². The summed E-state index contributed by atoms with van der Waals surface area (Å²) in [5.74, 6) is 0.941. The molecule has 0 fully saturated rings. The van der Waals surface area contributed by atoms with Gasteiger partial charge in [0, 0.05) is 26.4 Å². The SMILES string of the molecule is COCC(Cl)CN(C)c1cccc(C)n1. The zero-order valence-electron chi connectivity index (χ0n) is 9.40. The molecule has 1 heterocycles. The van der Waals surface area contributed by atoms with Crippen molar-refractivity contribution in [2.45, 2.75) is 12.3 Å². The van der Waals surface area contributed by atoms with E-state index in [-0.39, 0.29) is 5.38 Å². The lowest BCUT2D eigenvalue weighted by Gasteiger charge is -2.21. The van der Waals surface area contributed by atoms with Gasteiger partial charge in [-0.3, -0.25) is 0 Å². The summed E-state index contributed by atoms with van der Waals surface area (Å²) in [6.07, 6.45) is 0. The fraction of sp³-hybridized carbons (Fsp3) is 0.545. The van der Waals surface area contributed by atoms with Crippen molar-refractivity contribution in [3.63, 3.8) is 0 Å². The van der Waals surface area contributed by atoms with E-state index in [0.29, 0.717) is 6.61 Å². The van der Waals surface area contributed by atoms with Crippen LogP contribution in [-0.4, -0.2) is 37.7 Å². The minimum Gasteiger partial charge on any atom is -0.383 e. The molecule has 1 aromatic heterocycles.